The average Bonchev–Trinajstić information content (AvgIpc) is 2.72. The predicted molar refractivity (Wildman–Crippen MR) is 79.6 cm³/mol. The zero-order valence-electron chi connectivity index (χ0n) is 12.7. The number of benzene rings is 1. The summed E-state index contributed by atoms with van der Waals surface area (Å²) in [4.78, 5) is 14.4. The van der Waals surface area contributed by atoms with Gasteiger partial charge in [0.25, 0.3) is 0 Å². The number of nitrogens with one attached hydrogen (secondary N) is 1. The van der Waals surface area contributed by atoms with Crippen molar-refractivity contribution in [1.29, 1.82) is 0 Å². The number of nitrogens with zero attached hydrogens (tertiary/aromatic N) is 1. The Labute approximate surface area is 125 Å². The normalized spacial score (nSPS) is 18.0. The highest BCUT2D eigenvalue weighted by molar-refractivity contribution is 5.77. The highest BCUT2D eigenvalue weighted by Crippen LogP contribution is 2.25. The van der Waals surface area contributed by atoms with Crippen molar-refractivity contribution in [2.45, 2.75) is 26.3 Å². The topological polar surface area (TPSA) is 41.6 Å². The maximum Gasteiger partial charge on any atom is 0.328 e. The number of hydrogen-bond donors (Lipinski definition) is 1. The van der Waals surface area contributed by atoms with Gasteiger partial charge in [0.05, 0.1) is 6.61 Å². The Morgan fingerprint density at radius 2 is 2.24 bits per heavy atom. The molecule has 0 saturated carbocycles. The highest BCUT2D eigenvalue weighted by atomic mass is 19.1. The second-order valence-electron chi connectivity index (χ2n) is 5.30. The molecule has 1 heterocycles. The van der Waals surface area contributed by atoms with E-state index in [4.69, 9.17) is 4.74 Å². The third-order valence-electron chi connectivity index (χ3n) is 3.76. The van der Waals surface area contributed by atoms with Gasteiger partial charge in [-0.25, -0.2) is 9.18 Å². The van der Waals surface area contributed by atoms with Crippen LogP contribution in [-0.4, -0.2) is 43.7 Å². The van der Waals surface area contributed by atoms with E-state index in [1.165, 1.54) is 6.07 Å². The maximum atomic E-state index is 13.9. The van der Waals surface area contributed by atoms with Gasteiger partial charge in [-0.05, 0) is 44.0 Å². The molecule has 0 bridgehead atoms. The van der Waals surface area contributed by atoms with E-state index in [1.54, 1.807) is 19.9 Å². The van der Waals surface area contributed by atoms with Crippen molar-refractivity contribution in [1.82, 2.24) is 10.2 Å². The number of esters is 1. The van der Waals surface area contributed by atoms with Crippen molar-refractivity contribution in [3.63, 3.8) is 0 Å². The summed E-state index contributed by atoms with van der Waals surface area (Å²) in [5.74, 6) is -0.586. The lowest BCUT2D eigenvalue weighted by Gasteiger charge is -2.29. The fraction of sp³-hybridized carbons (Fsp3) is 0.562. The highest BCUT2D eigenvalue weighted by Gasteiger charge is 2.29. The molecule has 4 nitrogen and oxygen atoms in total. The first-order valence-corrected chi connectivity index (χ1v) is 7.51. The lowest BCUT2D eigenvalue weighted by Crippen LogP contribution is -2.37. The smallest absolute Gasteiger partial charge is 0.328 e. The van der Waals surface area contributed by atoms with E-state index < -0.39 is 6.04 Å². The lowest BCUT2D eigenvalue weighted by molar-refractivity contribution is -0.149. The standard InChI is InChI=1S/C16H23FN2O2/c1-3-21-16(20)15(19-9-4-7-18-8-10-19)13-6-5-12(2)14(17)11-13/h5-6,11,15,18H,3-4,7-10H2,1-2H3. The molecule has 1 fully saturated rings. The van der Waals surface area contributed by atoms with Crippen LogP contribution in [0.3, 0.4) is 0 Å². The molecule has 5 heteroatoms. The van der Waals surface area contributed by atoms with Crippen LogP contribution in [0.25, 0.3) is 0 Å². The molecule has 1 aliphatic rings. The molecule has 1 aromatic rings. The van der Waals surface area contributed by atoms with Gasteiger partial charge in [0.2, 0.25) is 0 Å². The molecule has 0 aliphatic carbocycles. The number of carbonyl (C=O) groups excluding carboxylic acids is 1. The third-order valence-corrected chi connectivity index (χ3v) is 3.76. The van der Waals surface area contributed by atoms with Crippen LogP contribution in [0.15, 0.2) is 18.2 Å². The maximum absolute atomic E-state index is 13.9. The summed E-state index contributed by atoms with van der Waals surface area (Å²) in [6.45, 7) is 7.14. The van der Waals surface area contributed by atoms with E-state index >= 15 is 0 Å². The number of aryl methyl sites for hydroxylation is 1. The van der Waals surface area contributed by atoms with Crippen molar-refractivity contribution >= 4 is 5.97 Å². The van der Waals surface area contributed by atoms with Gasteiger partial charge >= 0.3 is 5.97 Å². The van der Waals surface area contributed by atoms with Crippen molar-refractivity contribution in [2.75, 3.05) is 32.8 Å². The van der Waals surface area contributed by atoms with Crippen LogP contribution in [0.1, 0.15) is 30.5 Å². The first kappa shape index (κ1) is 15.9. The number of carbonyl (C=O) groups is 1. The Morgan fingerprint density at radius 3 is 2.95 bits per heavy atom. The summed E-state index contributed by atoms with van der Waals surface area (Å²) in [6.07, 6.45) is 0.963. The van der Waals surface area contributed by atoms with Gasteiger partial charge in [-0.3, -0.25) is 4.90 Å². The first-order valence-electron chi connectivity index (χ1n) is 7.51. The molecular formula is C16H23FN2O2. The van der Waals surface area contributed by atoms with E-state index in [1.807, 2.05) is 6.07 Å². The molecule has 21 heavy (non-hydrogen) atoms. The minimum Gasteiger partial charge on any atom is -0.465 e. The van der Waals surface area contributed by atoms with Gasteiger partial charge in [-0.1, -0.05) is 12.1 Å². The number of hydrogen-bond acceptors (Lipinski definition) is 4. The summed E-state index contributed by atoms with van der Waals surface area (Å²) in [5, 5.41) is 3.31. The van der Waals surface area contributed by atoms with Crippen molar-refractivity contribution in [2.24, 2.45) is 0 Å². The van der Waals surface area contributed by atoms with Crippen molar-refractivity contribution in [3.05, 3.63) is 35.1 Å². The van der Waals surface area contributed by atoms with Crippen LogP contribution in [0.4, 0.5) is 4.39 Å². The van der Waals surface area contributed by atoms with Crippen LogP contribution in [0, 0.1) is 12.7 Å². The lowest BCUT2D eigenvalue weighted by atomic mass is 10.0. The molecule has 1 aromatic carbocycles. The average molecular weight is 294 g/mol. The third kappa shape index (κ3) is 4.02. The zero-order chi connectivity index (χ0) is 15.2. The summed E-state index contributed by atoms with van der Waals surface area (Å²) >= 11 is 0. The molecular weight excluding hydrogens is 271 g/mol. The van der Waals surface area contributed by atoms with Crippen LogP contribution >= 0.6 is 0 Å². The quantitative estimate of drug-likeness (QED) is 0.863. The zero-order valence-corrected chi connectivity index (χ0v) is 12.7. The molecule has 1 N–H and O–H groups in total. The molecule has 1 atom stereocenters. The summed E-state index contributed by atoms with van der Waals surface area (Å²) in [6, 6.07) is 4.46. The number of ether oxygens (including phenoxy) is 1. The van der Waals surface area contributed by atoms with E-state index in [9.17, 15) is 9.18 Å². The minimum atomic E-state index is -0.528. The molecule has 1 unspecified atom stereocenters. The van der Waals surface area contributed by atoms with Gasteiger partial charge in [-0.15, -0.1) is 0 Å². The Hall–Kier alpha value is -1.46. The molecule has 1 aliphatic heterocycles. The summed E-state index contributed by atoms with van der Waals surface area (Å²) in [7, 11) is 0. The fourth-order valence-corrected chi connectivity index (χ4v) is 2.62. The molecule has 1 saturated heterocycles. The largest absolute Gasteiger partial charge is 0.465 e. The van der Waals surface area contributed by atoms with Crippen LogP contribution < -0.4 is 5.32 Å². The molecule has 0 radical (unpaired) electrons. The first-order chi connectivity index (χ1) is 10.1. The summed E-state index contributed by atoms with van der Waals surface area (Å²) in [5.41, 5.74) is 1.25. The van der Waals surface area contributed by atoms with Crippen molar-refractivity contribution in [3.8, 4) is 0 Å². The van der Waals surface area contributed by atoms with Gasteiger partial charge < -0.3 is 10.1 Å². The van der Waals surface area contributed by atoms with E-state index in [-0.39, 0.29) is 11.8 Å². The molecule has 0 aromatic heterocycles. The summed E-state index contributed by atoms with van der Waals surface area (Å²) < 4.78 is 19.1. The minimum absolute atomic E-state index is 0.283. The molecule has 0 spiro atoms. The Bertz CT molecular complexity index is 485. The van der Waals surface area contributed by atoms with E-state index in [0.717, 1.165) is 32.6 Å². The molecule has 2 rings (SSSR count). The second kappa shape index (κ2) is 7.52. The predicted octanol–water partition coefficient (Wildman–Crippen LogP) is 2.03. The van der Waals surface area contributed by atoms with Gasteiger partial charge in [-0.2, -0.15) is 0 Å². The van der Waals surface area contributed by atoms with E-state index in [2.05, 4.69) is 10.2 Å². The van der Waals surface area contributed by atoms with Gasteiger partial charge in [0, 0.05) is 19.6 Å². The Balaban J connectivity index is 2.29. The van der Waals surface area contributed by atoms with Crippen molar-refractivity contribution < 1.29 is 13.9 Å². The number of halogens is 1. The van der Waals surface area contributed by atoms with Crippen LogP contribution in [0.5, 0.6) is 0 Å². The molecule has 116 valence electrons. The van der Waals surface area contributed by atoms with Crippen LogP contribution in [0.2, 0.25) is 0 Å². The van der Waals surface area contributed by atoms with Gasteiger partial charge in [0.15, 0.2) is 0 Å². The van der Waals surface area contributed by atoms with Crippen LogP contribution in [-0.2, 0) is 9.53 Å². The molecule has 0 amide bonds. The van der Waals surface area contributed by atoms with Gasteiger partial charge in [0.1, 0.15) is 11.9 Å². The monoisotopic (exact) mass is 294 g/mol. The number of rotatable bonds is 4. The Morgan fingerprint density at radius 1 is 1.43 bits per heavy atom. The second-order valence-corrected chi connectivity index (χ2v) is 5.30. The SMILES string of the molecule is CCOC(=O)C(c1ccc(C)c(F)c1)N1CCCNCC1. The van der Waals surface area contributed by atoms with E-state index in [0.29, 0.717) is 17.7 Å². The fourth-order valence-electron chi connectivity index (χ4n) is 2.62. The Kier molecular flexibility index (Phi) is 5.70.